The van der Waals surface area contributed by atoms with Gasteiger partial charge in [0.25, 0.3) is 0 Å². The molecule has 3 nitrogen and oxygen atoms in total. The van der Waals surface area contributed by atoms with Crippen molar-refractivity contribution in [1.29, 1.82) is 0 Å². The lowest BCUT2D eigenvalue weighted by atomic mass is 10.00. The summed E-state index contributed by atoms with van der Waals surface area (Å²) in [5.74, 6) is 0.515. The van der Waals surface area contributed by atoms with Crippen molar-refractivity contribution < 1.29 is 0 Å². The Morgan fingerprint density at radius 3 is 2.67 bits per heavy atom. The zero-order valence-electron chi connectivity index (χ0n) is 7.96. The highest BCUT2D eigenvalue weighted by Gasteiger charge is 2.11. The molecular weight excluding hydrogens is 150 g/mol. The van der Waals surface area contributed by atoms with E-state index in [1.54, 1.807) is 6.33 Å². The number of nitrogens with one attached hydrogen (secondary N) is 1. The third-order valence-corrected chi connectivity index (χ3v) is 2.22. The van der Waals surface area contributed by atoms with E-state index >= 15 is 0 Å². The number of aromatic amines is 1. The van der Waals surface area contributed by atoms with Crippen LogP contribution in [0.4, 0.5) is 0 Å². The fourth-order valence-electron chi connectivity index (χ4n) is 1.05. The lowest BCUT2D eigenvalue weighted by molar-refractivity contribution is 0.486. The standard InChI is InChI=1S/C9H17N3/c1-6(2)8(10)4-9-7(3)11-5-12-9/h5-6,8H,4,10H2,1-3H3,(H,11,12). The maximum atomic E-state index is 5.92. The average Bonchev–Trinajstić information content (AvgIpc) is 2.36. The second-order valence-electron chi connectivity index (χ2n) is 3.59. The van der Waals surface area contributed by atoms with Gasteiger partial charge in [0.05, 0.1) is 12.0 Å². The first-order valence-electron chi connectivity index (χ1n) is 4.35. The van der Waals surface area contributed by atoms with Crippen LogP contribution in [-0.4, -0.2) is 16.0 Å². The normalized spacial score (nSPS) is 13.8. The molecule has 68 valence electrons. The molecule has 0 aliphatic rings. The number of aryl methyl sites for hydroxylation is 1. The smallest absolute Gasteiger partial charge is 0.0925 e. The first kappa shape index (κ1) is 9.26. The number of H-pyrrole nitrogens is 1. The molecule has 1 unspecified atom stereocenters. The van der Waals surface area contributed by atoms with Gasteiger partial charge in [-0.05, 0) is 12.8 Å². The summed E-state index contributed by atoms with van der Waals surface area (Å²) in [6, 6.07) is 0.215. The summed E-state index contributed by atoms with van der Waals surface area (Å²) in [4.78, 5) is 7.25. The minimum Gasteiger partial charge on any atom is -0.348 e. The molecule has 1 rings (SSSR count). The van der Waals surface area contributed by atoms with E-state index in [2.05, 4.69) is 23.8 Å². The van der Waals surface area contributed by atoms with Gasteiger partial charge in [0.15, 0.2) is 0 Å². The molecule has 12 heavy (non-hydrogen) atoms. The van der Waals surface area contributed by atoms with Crippen molar-refractivity contribution in [1.82, 2.24) is 9.97 Å². The average molecular weight is 167 g/mol. The zero-order chi connectivity index (χ0) is 9.14. The van der Waals surface area contributed by atoms with Crippen LogP contribution in [0, 0.1) is 12.8 Å². The number of nitrogens with two attached hydrogens (primary N) is 1. The van der Waals surface area contributed by atoms with Gasteiger partial charge in [-0.2, -0.15) is 0 Å². The first-order chi connectivity index (χ1) is 5.61. The lowest BCUT2D eigenvalue weighted by Gasteiger charge is -2.13. The Balaban J connectivity index is 2.58. The van der Waals surface area contributed by atoms with E-state index in [0.29, 0.717) is 5.92 Å². The molecule has 0 fully saturated rings. The molecule has 1 aromatic heterocycles. The maximum absolute atomic E-state index is 5.92. The fraction of sp³-hybridized carbons (Fsp3) is 0.667. The van der Waals surface area contributed by atoms with Gasteiger partial charge >= 0.3 is 0 Å². The Hall–Kier alpha value is -0.830. The van der Waals surface area contributed by atoms with Gasteiger partial charge in [-0.15, -0.1) is 0 Å². The molecule has 0 saturated heterocycles. The predicted octanol–water partition coefficient (Wildman–Crippen LogP) is 1.24. The monoisotopic (exact) mass is 167 g/mol. The molecule has 0 aliphatic carbocycles. The van der Waals surface area contributed by atoms with E-state index in [0.717, 1.165) is 17.8 Å². The Bertz CT molecular complexity index is 240. The Morgan fingerprint density at radius 1 is 1.58 bits per heavy atom. The number of rotatable bonds is 3. The van der Waals surface area contributed by atoms with Crippen molar-refractivity contribution in [3.8, 4) is 0 Å². The van der Waals surface area contributed by atoms with E-state index in [-0.39, 0.29) is 6.04 Å². The van der Waals surface area contributed by atoms with Gasteiger partial charge in [-0.3, -0.25) is 0 Å². The van der Waals surface area contributed by atoms with Crippen molar-refractivity contribution in [2.24, 2.45) is 11.7 Å². The summed E-state index contributed by atoms with van der Waals surface area (Å²) in [5.41, 5.74) is 8.15. The number of hydrogen-bond acceptors (Lipinski definition) is 2. The number of hydrogen-bond donors (Lipinski definition) is 2. The third kappa shape index (κ3) is 2.08. The van der Waals surface area contributed by atoms with Crippen LogP contribution in [-0.2, 0) is 6.42 Å². The largest absolute Gasteiger partial charge is 0.348 e. The molecule has 1 heterocycles. The van der Waals surface area contributed by atoms with Crippen molar-refractivity contribution in [2.75, 3.05) is 0 Å². The van der Waals surface area contributed by atoms with Gasteiger partial charge in [0.1, 0.15) is 0 Å². The second kappa shape index (κ2) is 3.72. The second-order valence-corrected chi connectivity index (χ2v) is 3.59. The summed E-state index contributed by atoms with van der Waals surface area (Å²) in [6.07, 6.45) is 2.59. The minimum absolute atomic E-state index is 0.215. The quantitative estimate of drug-likeness (QED) is 0.711. The van der Waals surface area contributed by atoms with Crippen LogP contribution in [0.1, 0.15) is 25.2 Å². The molecule has 0 saturated carbocycles. The van der Waals surface area contributed by atoms with Crippen LogP contribution in [0.25, 0.3) is 0 Å². The first-order valence-corrected chi connectivity index (χ1v) is 4.35. The molecule has 3 N–H and O–H groups in total. The molecule has 3 heteroatoms. The molecule has 0 radical (unpaired) electrons. The summed E-state index contributed by atoms with van der Waals surface area (Å²) in [6.45, 7) is 6.29. The fourth-order valence-corrected chi connectivity index (χ4v) is 1.05. The Morgan fingerprint density at radius 2 is 2.25 bits per heavy atom. The molecule has 0 aliphatic heterocycles. The van der Waals surface area contributed by atoms with Gasteiger partial charge in [0, 0.05) is 18.2 Å². The van der Waals surface area contributed by atoms with Crippen molar-refractivity contribution in [3.63, 3.8) is 0 Å². The van der Waals surface area contributed by atoms with Gasteiger partial charge in [-0.25, -0.2) is 4.98 Å². The summed E-state index contributed by atoms with van der Waals surface area (Å²) in [5, 5.41) is 0. The van der Waals surface area contributed by atoms with Crippen molar-refractivity contribution >= 4 is 0 Å². The highest BCUT2D eigenvalue weighted by molar-refractivity contribution is 5.10. The Labute approximate surface area is 73.4 Å². The molecular formula is C9H17N3. The van der Waals surface area contributed by atoms with Crippen molar-refractivity contribution in [3.05, 3.63) is 17.7 Å². The van der Waals surface area contributed by atoms with Crippen LogP contribution in [0.5, 0.6) is 0 Å². The molecule has 1 aromatic rings. The maximum Gasteiger partial charge on any atom is 0.0925 e. The number of aromatic nitrogens is 2. The molecule has 0 amide bonds. The van der Waals surface area contributed by atoms with Gasteiger partial charge in [-0.1, -0.05) is 13.8 Å². The van der Waals surface area contributed by atoms with Gasteiger partial charge < -0.3 is 10.7 Å². The van der Waals surface area contributed by atoms with Crippen LogP contribution in [0.3, 0.4) is 0 Å². The van der Waals surface area contributed by atoms with Gasteiger partial charge in [0.2, 0.25) is 0 Å². The number of imidazole rings is 1. The van der Waals surface area contributed by atoms with E-state index in [9.17, 15) is 0 Å². The summed E-state index contributed by atoms with van der Waals surface area (Å²) in [7, 11) is 0. The molecule has 1 atom stereocenters. The summed E-state index contributed by atoms with van der Waals surface area (Å²) < 4.78 is 0. The predicted molar refractivity (Wildman–Crippen MR) is 49.8 cm³/mol. The zero-order valence-corrected chi connectivity index (χ0v) is 7.96. The third-order valence-electron chi connectivity index (χ3n) is 2.22. The van der Waals surface area contributed by atoms with Crippen LogP contribution >= 0.6 is 0 Å². The van der Waals surface area contributed by atoms with Crippen LogP contribution < -0.4 is 5.73 Å². The van der Waals surface area contributed by atoms with Crippen LogP contribution in [0.15, 0.2) is 6.33 Å². The number of nitrogens with zero attached hydrogens (tertiary/aromatic N) is 1. The van der Waals surface area contributed by atoms with Crippen molar-refractivity contribution in [2.45, 2.75) is 33.2 Å². The molecule has 0 aromatic carbocycles. The van der Waals surface area contributed by atoms with E-state index in [1.165, 1.54) is 0 Å². The van der Waals surface area contributed by atoms with E-state index < -0.39 is 0 Å². The molecule has 0 spiro atoms. The summed E-state index contributed by atoms with van der Waals surface area (Å²) >= 11 is 0. The van der Waals surface area contributed by atoms with E-state index in [4.69, 9.17) is 5.73 Å². The highest BCUT2D eigenvalue weighted by Crippen LogP contribution is 2.08. The van der Waals surface area contributed by atoms with Crippen LogP contribution in [0.2, 0.25) is 0 Å². The SMILES string of the molecule is Cc1[nH]cnc1CC(N)C(C)C. The lowest BCUT2D eigenvalue weighted by Crippen LogP contribution is -2.29. The minimum atomic E-state index is 0.215. The topological polar surface area (TPSA) is 54.7 Å². The molecule has 0 bridgehead atoms. The Kier molecular flexibility index (Phi) is 2.87. The highest BCUT2D eigenvalue weighted by atomic mass is 14.9. The van der Waals surface area contributed by atoms with E-state index in [1.807, 2.05) is 6.92 Å².